The summed E-state index contributed by atoms with van der Waals surface area (Å²) in [4.78, 5) is 37.7. The van der Waals surface area contributed by atoms with Crippen LogP contribution in [0.25, 0.3) is 0 Å². The molecule has 2 aromatic carbocycles. The van der Waals surface area contributed by atoms with Crippen LogP contribution in [0.5, 0.6) is 0 Å². The van der Waals surface area contributed by atoms with Gasteiger partial charge in [-0.05, 0) is 17.5 Å². The second kappa shape index (κ2) is 12.2. The Morgan fingerprint density at radius 2 is 1.48 bits per heavy atom. The van der Waals surface area contributed by atoms with Crippen LogP contribution < -0.4 is 5.32 Å². The zero-order valence-corrected chi connectivity index (χ0v) is 19.6. The highest BCUT2D eigenvalue weighted by Gasteiger charge is 2.38. The highest BCUT2D eigenvalue weighted by molar-refractivity contribution is 5.88. The van der Waals surface area contributed by atoms with Gasteiger partial charge in [0, 0.05) is 11.8 Å². The monoisotopic (exact) mass is 455 g/mol. The van der Waals surface area contributed by atoms with Crippen molar-refractivity contribution in [1.29, 1.82) is 0 Å². The fourth-order valence-corrected chi connectivity index (χ4v) is 3.32. The molecule has 0 radical (unpaired) electrons. The number of hydrogen-bond donors (Lipinski definition) is 2. The van der Waals surface area contributed by atoms with Crippen LogP contribution in [0.15, 0.2) is 60.7 Å². The first-order valence-corrected chi connectivity index (χ1v) is 10.9. The number of Topliss-reactive ketones (excluding diaryl/α,β-unsaturated/α-hetero) is 1. The van der Waals surface area contributed by atoms with Crippen LogP contribution in [0.2, 0.25) is 0 Å². The van der Waals surface area contributed by atoms with E-state index in [2.05, 4.69) is 5.32 Å². The van der Waals surface area contributed by atoms with Crippen molar-refractivity contribution in [2.24, 2.45) is 11.3 Å². The first kappa shape index (κ1) is 26.1. The van der Waals surface area contributed by atoms with Gasteiger partial charge in [0.1, 0.15) is 12.4 Å². The third kappa shape index (κ3) is 8.35. The number of amides is 1. The number of aliphatic hydroxyl groups excluding tert-OH is 1. The van der Waals surface area contributed by atoms with Crippen LogP contribution in [0.1, 0.15) is 38.3 Å². The number of carbonyl (C=O) groups is 3. The van der Waals surface area contributed by atoms with Crippen molar-refractivity contribution in [2.75, 3.05) is 7.11 Å². The Bertz CT molecular complexity index is 907. The molecule has 0 fully saturated rings. The largest absolute Gasteiger partial charge is 0.469 e. The maximum Gasteiger partial charge on any atom is 0.407 e. The quantitative estimate of drug-likeness (QED) is 0.530. The lowest BCUT2D eigenvalue weighted by molar-refractivity contribution is -0.153. The third-order valence-electron chi connectivity index (χ3n) is 5.38. The maximum atomic E-state index is 12.6. The average Bonchev–Trinajstić information content (AvgIpc) is 2.80. The highest BCUT2D eigenvalue weighted by atomic mass is 16.5. The highest BCUT2D eigenvalue weighted by Crippen LogP contribution is 2.25. The number of carbonyl (C=O) groups excluding carboxylic acids is 3. The lowest BCUT2D eigenvalue weighted by atomic mass is 9.81. The standard InChI is InChI=1S/C26H33NO6/c1-26(2,3)22(28)16-20(24(30)32-4)23(29)21(15-18-11-7-5-8-12-18)27-25(31)33-17-19-13-9-6-10-14-19/h5-14,20-21,23,29H,15-17H2,1-4H3,(H,27,31)/t20?,21-,23?/m0/s1. The summed E-state index contributed by atoms with van der Waals surface area (Å²) in [7, 11) is 1.21. The minimum absolute atomic E-state index is 0.0593. The number of hydrogen-bond acceptors (Lipinski definition) is 6. The van der Waals surface area contributed by atoms with Crippen molar-refractivity contribution in [3.63, 3.8) is 0 Å². The first-order chi connectivity index (χ1) is 15.6. The Morgan fingerprint density at radius 1 is 0.939 bits per heavy atom. The van der Waals surface area contributed by atoms with Gasteiger partial charge in [0.25, 0.3) is 0 Å². The van der Waals surface area contributed by atoms with Gasteiger partial charge in [-0.2, -0.15) is 0 Å². The van der Waals surface area contributed by atoms with Crippen LogP contribution in [0, 0.1) is 11.3 Å². The lowest BCUT2D eigenvalue weighted by Crippen LogP contribution is -2.50. The average molecular weight is 456 g/mol. The predicted molar refractivity (Wildman–Crippen MR) is 124 cm³/mol. The molecule has 0 aliphatic rings. The lowest BCUT2D eigenvalue weighted by Gasteiger charge is -2.30. The number of ether oxygens (including phenoxy) is 2. The van der Waals surface area contributed by atoms with Crippen molar-refractivity contribution in [3.05, 3.63) is 71.8 Å². The molecule has 7 nitrogen and oxygen atoms in total. The number of alkyl carbamates (subject to hydrolysis) is 1. The van der Waals surface area contributed by atoms with Gasteiger partial charge in [0.2, 0.25) is 0 Å². The molecule has 2 aromatic rings. The molecule has 7 heteroatoms. The number of esters is 1. The zero-order valence-electron chi connectivity index (χ0n) is 19.6. The molecule has 3 atom stereocenters. The molecule has 2 N–H and O–H groups in total. The summed E-state index contributed by atoms with van der Waals surface area (Å²) in [5.41, 5.74) is 0.967. The smallest absolute Gasteiger partial charge is 0.407 e. The number of aliphatic hydroxyl groups is 1. The summed E-state index contributed by atoms with van der Waals surface area (Å²) < 4.78 is 10.2. The van der Waals surface area contributed by atoms with Crippen molar-refractivity contribution in [3.8, 4) is 0 Å². The minimum Gasteiger partial charge on any atom is -0.469 e. The molecule has 0 heterocycles. The second-order valence-corrected chi connectivity index (χ2v) is 9.00. The number of benzene rings is 2. The Kier molecular flexibility index (Phi) is 9.60. The van der Waals surface area contributed by atoms with Crippen molar-refractivity contribution < 1.29 is 29.0 Å². The zero-order chi connectivity index (χ0) is 24.4. The van der Waals surface area contributed by atoms with E-state index in [9.17, 15) is 19.5 Å². The van der Waals surface area contributed by atoms with Gasteiger partial charge >= 0.3 is 12.1 Å². The van der Waals surface area contributed by atoms with Crippen LogP contribution in [0.3, 0.4) is 0 Å². The maximum absolute atomic E-state index is 12.6. The van der Waals surface area contributed by atoms with E-state index in [1.165, 1.54) is 7.11 Å². The molecule has 33 heavy (non-hydrogen) atoms. The molecule has 0 bridgehead atoms. The molecule has 178 valence electrons. The Morgan fingerprint density at radius 3 is 2.00 bits per heavy atom. The predicted octanol–water partition coefficient (Wildman–Crippen LogP) is 3.68. The molecule has 2 unspecified atom stereocenters. The number of methoxy groups -OCH3 is 1. The van der Waals surface area contributed by atoms with Gasteiger partial charge in [-0.15, -0.1) is 0 Å². The van der Waals surface area contributed by atoms with Crippen LogP contribution in [-0.2, 0) is 32.1 Å². The molecule has 2 rings (SSSR count). The number of nitrogens with one attached hydrogen (secondary N) is 1. The summed E-state index contributed by atoms with van der Waals surface area (Å²) in [5.74, 6) is -2.04. The third-order valence-corrected chi connectivity index (χ3v) is 5.38. The first-order valence-electron chi connectivity index (χ1n) is 10.9. The van der Waals surface area contributed by atoms with Gasteiger partial charge in [0.15, 0.2) is 0 Å². The van der Waals surface area contributed by atoms with Gasteiger partial charge < -0.3 is 19.9 Å². The molecule has 0 spiro atoms. The van der Waals surface area contributed by atoms with E-state index in [4.69, 9.17) is 9.47 Å². The van der Waals surface area contributed by atoms with Crippen molar-refractivity contribution >= 4 is 17.8 Å². The van der Waals surface area contributed by atoms with E-state index in [0.29, 0.717) is 0 Å². The summed E-state index contributed by atoms with van der Waals surface area (Å²) in [6, 6.07) is 17.6. The molecule has 1 amide bonds. The van der Waals surface area contributed by atoms with E-state index in [1.807, 2.05) is 60.7 Å². The van der Waals surface area contributed by atoms with Gasteiger partial charge in [-0.25, -0.2) is 4.79 Å². The molecule has 0 saturated heterocycles. The van der Waals surface area contributed by atoms with Gasteiger partial charge in [-0.3, -0.25) is 9.59 Å². The van der Waals surface area contributed by atoms with Gasteiger partial charge in [0.05, 0.1) is 25.2 Å². The molecule has 0 aromatic heterocycles. The summed E-state index contributed by atoms with van der Waals surface area (Å²) in [6.45, 7) is 5.30. The van der Waals surface area contributed by atoms with Crippen molar-refractivity contribution in [1.82, 2.24) is 5.32 Å². The second-order valence-electron chi connectivity index (χ2n) is 9.00. The Hall–Kier alpha value is -3.19. The topological polar surface area (TPSA) is 102 Å². The molecule has 0 aliphatic carbocycles. The molecule has 0 saturated carbocycles. The van der Waals surface area contributed by atoms with Crippen molar-refractivity contribution in [2.45, 2.75) is 52.4 Å². The van der Waals surface area contributed by atoms with Gasteiger partial charge in [-0.1, -0.05) is 81.4 Å². The van der Waals surface area contributed by atoms with Crippen LogP contribution in [0.4, 0.5) is 4.79 Å². The number of ketones is 1. The number of rotatable bonds is 10. The van der Waals surface area contributed by atoms with Crippen LogP contribution >= 0.6 is 0 Å². The molecular weight excluding hydrogens is 422 g/mol. The SMILES string of the molecule is COC(=O)C(CC(=O)C(C)(C)C)C(O)[C@H](Cc1ccccc1)NC(=O)OCc1ccccc1. The minimum atomic E-state index is -1.37. The van der Waals surface area contributed by atoms with E-state index in [-0.39, 0.29) is 25.2 Å². The summed E-state index contributed by atoms with van der Waals surface area (Å²) in [6.07, 6.45) is -2.07. The molecule has 0 aliphatic heterocycles. The van der Waals surface area contributed by atoms with E-state index < -0.39 is 35.5 Å². The van der Waals surface area contributed by atoms with E-state index >= 15 is 0 Å². The normalized spacial score (nSPS) is 14.0. The fraction of sp³-hybridized carbons (Fsp3) is 0.423. The van der Waals surface area contributed by atoms with E-state index in [1.54, 1.807) is 20.8 Å². The molecular formula is C26H33NO6. The van der Waals surface area contributed by atoms with Crippen LogP contribution in [-0.4, -0.2) is 42.2 Å². The summed E-state index contributed by atoms with van der Waals surface area (Å²) in [5, 5.41) is 13.8. The fourth-order valence-electron chi connectivity index (χ4n) is 3.32. The summed E-state index contributed by atoms with van der Waals surface area (Å²) >= 11 is 0. The Labute approximate surface area is 195 Å². The Balaban J connectivity index is 2.20. The van der Waals surface area contributed by atoms with E-state index in [0.717, 1.165) is 11.1 Å².